The molecule has 0 radical (unpaired) electrons. The Morgan fingerprint density at radius 3 is 2.83 bits per heavy atom. The zero-order valence-electron chi connectivity index (χ0n) is 8.00. The summed E-state index contributed by atoms with van der Waals surface area (Å²) in [5.41, 5.74) is 1.21. The minimum atomic E-state index is 0.705. The number of nitrogens with zero attached hydrogens (tertiary/aromatic N) is 2. The first-order valence-electron chi connectivity index (χ1n) is 4.43. The number of rotatable bonds is 4. The summed E-state index contributed by atoms with van der Waals surface area (Å²) in [4.78, 5) is 0. The molecule has 0 spiro atoms. The summed E-state index contributed by atoms with van der Waals surface area (Å²) < 4.78 is 7.25. The molecule has 12 heavy (non-hydrogen) atoms. The maximum Gasteiger partial charge on any atom is 0.214 e. The van der Waals surface area contributed by atoms with Gasteiger partial charge in [0.2, 0.25) is 5.88 Å². The zero-order valence-corrected chi connectivity index (χ0v) is 8.00. The van der Waals surface area contributed by atoms with Crippen LogP contribution in [0.4, 0.5) is 0 Å². The highest BCUT2D eigenvalue weighted by Crippen LogP contribution is 2.18. The summed E-state index contributed by atoms with van der Waals surface area (Å²) in [5.74, 6) is 0.916. The Kier molecular flexibility index (Phi) is 3.14. The third-order valence-electron chi connectivity index (χ3n) is 1.76. The van der Waals surface area contributed by atoms with E-state index in [1.54, 1.807) is 4.68 Å². The number of hydrogen-bond acceptors (Lipinski definition) is 2. The second kappa shape index (κ2) is 4.14. The summed E-state index contributed by atoms with van der Waals surface area (Å²) >= 11 is 0. The number of ether oxygens (including phenoxy) is 1. The first kappa shape index (κ1) is 9.10. The topological polar surface area (TPSA) is 27.1 Å². The van der Waals surface area contributed by atoms with Crippen LogP contribution in [0.5, 0.6) is 5.88 Å². The Bertz CT molecular complexity index is 243. The van der Waals surface area contributed by atoms with Crippen LogP contribution in [-0.2, 0) is 13.5 Å². The lowest BCUT2D eigenvalue weighted by molar-refractivity contribution is 0.306. The van der Waals surface area contributed by atoms with Crippen LogP contribution in [0.2, 0.25) is 0 Å². The van der Waals surface area contributed by atoms with Crippen molar-refractivity contribution in [3.63, 3.8) is 0 Å². The van der Waals surface area contributed by atoms with Gasteiger partial charge in [0, 0.05) is 12.6 Å². The number of aromatic nitrogens is 2. The van der Waals surface area contributed by atoms with E-state index < -0.39 is 0 Å². The van der Waals surface area contributed by atoms with Gasteiger partial charge < -0.3 is 4.74 Å². The highest BCUT2D eigenvalue weighted by atomic mass is 16.5. The SMILES string of the molecule is CCCc1cnn(C)c1OCC. The van der Waals surface area contributed by atoms with Crippen LogP contribution in [0, 0.1) is 0 Å². The summed E-state index contributed by atoms with van der Waals surface area (Å²) in [6, 6.07) is 0. The van der Waals surface area contributed by atoms with Crippen molar-refractivity contribution in [3.8, 4) is 5.88 Å². The molecule has 0 aliphatic rings. The molecule has 0 amide bonds. The van der Waals surface area contributed by atoms with Gasteiger partial charge in [-0.15, -0.1) is 0 Å². The van der Waals surface area contributed by atoms with Crippen molar-refractivity contribution in [3.05, 3.63) is 11.8 Å². The quantitative estimate of drug-likeness (QED) is 0.685. The minimum Gasteiger partial charge on any atom is -0.478 e. The van der Waals surface area contributed by atoms with E-state index in [2.05, 4.69) is 12.0 Å². The zero-order chi connectivity index (χ0) is 8.97. The largest absolute Gasteiger partial charge is 0.478 e. The van der Waals surface area contributed by atoms with Gasteiger partial charge in [-0.25, -0.2) is 4.68 Å². The molecule has 3 heteroatoms. The molecule has 68 valence electrons. The second-order valence-electron chi connectivity index (χ2n) is 2.78. The minimum absolute atomic E-state index is 0.705. The van der Waals surface area contributed by atoms with Crippen molar-refractivity contribution in [1.82, 2.24) is 9.78 Å². The van der Waals surface area contributed by atoms with E-state index in [-0.39, 0.29) is 0 Å². The molecule has 3 nitrogen and oxygen atoms in total. The maximum absolute atomic E-state index is 5.46. The van der Waals surface area contributed by atoms with Gasteiger partial charge >= 0.3 is 0 Å². The van der Waals surface area contributed by atoms with Crippen LogP contribution in [0.15, 0.2) is 6.20 Å². The highest BCUT2D eigenvalue weighted by Gasteiger charge is 2.07. The maximum atomic E-state index is 5.46. The van der Waals surface area contributed by atoms with Gasteiger partial charge in [-0.3, -0.25) is 0 Å². The lowest BCUT2D eigenvalue weighted by atomic mass is 10.2. The molecule has 0 atom stereocenters. The first-order valence-corrected chi connectivity index (χ1v) is 4.43. The second-order valence-corrected chi connectivity index (χ2v) is 2.78. The van der Waals surface area contributed by atoms with E-state index in [0.29, 0.717) is 6.61 Å². The fourth-order valence-corrected chi connectivity index (χ4v) is 1.24. The number of hydrogen-bond donors (Lipinski definition) is 0. The third-order valence-corrected chi connectivity index (χ3v) is 1.76. The molecule has 0 unspecified atom stereocenters. The van der Waals surface area contributed by atoms with E-state index >= 15 is 0 Å². The lowest BCUT2D eigenvalue weighted by Gasteiger charge is -2.05. The van der Waals surface area contributed by atoms with Crippen LogP contribution in [-0.4, -0.2) is 16.4 Å². The van der Waals surface area contributed by atoms with Crippen molar-refractivity contribution in [2.45, 2.75) is 26.7 Å². The fraction of sp³-hybridized carbons (Fsp3) is 0.667. The third kappa shape index (κ3) is 1.78. The molecule has 0 fully saturated rings. The van der Waals surface area contributed by atoms with Crippen LogP contribution in [0.25, 0.3) is 0 Å². The van der Waals surface area contributed by atoms with Crippen molar-refractivity contribution in [2.75, 3.05) is 6.61 Å². The molecule has 1 aromatic heterocycles. The first-order chi connectivity index (χ1) is 5.79. The smallest absolute Gasteiger partial charge is 0.214 e. The van der Waals surface area contributed by atoms with Crippen LogP contribution in [0.3, 0.4) is 0 Å². The molecule has 0 aromatic carbocycles. The molecule has 0 aliphatic heterocycles. The molecule has 0 N–H and O–H groups in total. The van der Waals surface area contributed by atoms with Crippen LogP contribution in [0.1, 0.15) is 25.8 Å². The van der Waals surface area contributed by atoms with E-state index in [0.717, 1.165) is 18.7 Å². The van der Waals surface area contributed by atoms with Crippen molar-refractivity contribution >= 4 is 0 Å². The summed E-state index contributed by atoms with van der Waals surface area (Å²) in [6.45, 7) is 4.85. The standard InChI is InChI=1S/C9H16N2O/c1-4-6-8-7-10-11(3)9(8)12-5-2/h7H,4-6H2,1-3H3. The molecular weight excluding hydrogens is 152 g/mol. The molecule has 0 bridgehead atoms. The Morgan fingerprint density at radius 2 is 2.25 bits per heavy atom. The molecule has 1 aromatic rings. The van der Waals surface area contributed by atoms with E-state index in [9.17, 15) is 0 Å². The van der Waals surface area contributed by atoms with E-state index in [1.807, 2.05) is 20.2 Å². The van der Waals surface area contributed by atoms with Crippen LogP contribution >= 0.6 is 0 Å². The summed E-state index contributed by atoms with van der Waals surface area (Å²) in [6.07, 6.45) is 4.06. The Balaban J connectivity index is 2.80. The summed E-state index contributed by atoms with van der Waals surface area (Å²) in [7, 11) is 1.91. The van der Waals surface area contributed by atoms with Crippen molar-refractivity contribution in [2.24, 2.45) is 7.05 Å². The van der Waals surface area contributed by atoms with E-state index in [4.69, 9.17) is 4.74 Å². The predicted molar refractivity (Wildman–Crippen MR) is 48.4 cm³/mol. The Labute approximate surface area is 73.3 Å². The van der Waals surface area contributed by atoms with Gasteiger partial charge in [0.05, 0.1) is 12.8 Å². The molecule has 0 saturated carbocycles. The molecule has 0 aliphatic carbocycles. The van der Waals surface area contributed by atoms with Crippen molar-refractivity contribution in [1.29, 1.82) is 0 Å². The van der Waals surface area contributed by atoms with Gasteiger partial charge in [-0.1, -0.05) is 13.3 Å². The average Bonchev–Trinajstić information content (AvgIpc) is 2.37. The predicted octanol–water partition coefficient (Wildman–Crippen LogP) is 1.77. The monoisotopic (exact) mass is 168 g/mol. The molecular formula is C9H16N2O. The molecule has 0 saturated heterocycles. The number of aryl methyl sites for hydroxylation is 2. The van der Waals surface area contributed by atoms with E-state index in [1.165, 1.54) is 5.56 Å². The van der Waals surface area contributed by atoms with Gasteiger partial charge in [0.1, 0.15) is 0 Å². The Hall–Kier alpha value is -0.990. The highest BCUT2D eigenvalue weighted by molar-refractivity contribution is 5.23. The fourth-order valence-electron chi connectivity index (χ4n) is 1.24. The normalized spacial score (nSPS) is 10.2. The lowest BCUT2D eigenvalue weighted by Crippen LogP contribution is -2.01. The van der Waals surface area contributed by atoms with Crippen LogP contribution < -0.4 is 4.74 Å². The average molecular weight is 168 g/mol. The van der Waals surface area contributed by atoms with Gasteiger partial charge in [-0.05, 0) is 13.3 Å². The molecule has 1 rings (SSSR count). The van der Waals surface area contributed by atoms with Gasteiger partial charge in [0.25, 0.3) is 0 Å². The van der Waals surface area contributed by atoms with Crippen molar-refractivity contribution < 1.29 is 4.74 Å². The summed E-state index contributed by atoms with van der Waals surface area (Å²) in [5, 5.41) is 4.15. The molecule has 1 heterocycles. The Morgan fingerprint density at radius 1 is 1.50 bits per heavy atom. The van der Waals surface area contributed by atoms with Gasteiger partial charge in [0.15, 0.2) is 0 Å². The van der Waals surface area contributed by atoms with Gasteiger partial charge in [-0.2, -0.15) is 5.10 Å².